The zero-order valence-electron chi connectivity index (χ0n) is 11.5. The second-order valence-electron chi connectivity index (χ2n) is 5.99. The van der Waals surface area contributed by atoms with Crippen LogP contribution < -0.4 is 0 Å². The summed E-state index contributed by atoms with van der Waals surface area (Å²) in [6.07, 6.45) is 4.78. The van der Waals surface area contributed by atoms with Gasteiger partial charge < -0.3 is 9.64 Å². The van der Waals surface area contributed by atoms with Crippen molar-refractivity contribution in [2.75, 3.05) is 6.54 Å². The largest absolute Gasteiger partial charge is 0.444 e. The van der Waals surface area contributed by atoms with E-state index in [0.29, 0.717) is 5.92 Å². The van der Waals surface area contributed by atoms with Gasteiger partial charge in [0.1, 0.15) is 5.60 Å². The van der Waals surface area contributed by atoms with Gasteiger partial charge in [-0.2, -0.15) is 0 Å². The molecule has 0 aliphatic carbocycles. The Hall–Kier alpha value is -0.990. The van der Waals surface area contributed by atoms with Gasteiger partial charge in [0.05, 0.1) is 0 Å². The van der Waals surface area contributed by atoms with E-state index in [0.717, 1.165) is 19.4 Å². The van der Waals surface area contributed by atoms with Crippen LogP contribution in [0, 0.1) is 5.92 Å². The third-order valence-corrected chi connectivity index (χ3v) is 3.01. The molecule has 0 saturated carbocycles. The van der Waals surface area contributed by atoms with Crippen LogP contribution in [0.25, 0.3) is 0 Å². The van der Waals surface area contributed by atoms with Gasteiger partial charge in [-0.1, -0.05) is 13.0 Å². The first-order valence-electron chi connectivity index (χ1n) is 6.44. The molecule has 0 bridgehead atoms. The van der Waals surface area contributed by atoms with Crippen molar-refractivity contribution in [1.29, 1.82) is 0 Å². The fourth-order valence-corrected chi connectivity index (χ4v) is 2.19. The molecule has 1 aliphatic heterocycles. The van der Waals surface area contributed by atoms with Gasteiger partial charge in [-0.3, -0.25) is 0 Å². The maximum Gasteiger partial charge on any atom is 0.410 e. The normalized spacial score (nSPS) is 25.5. The molecule has 1 amide bonds. The number of carbonyl (C=O) groups is 1. The third-order valence-electron chi connectivity index (χ3n) is 3.01. The average Bonchev–Trinajstić information content (AvgIpc) is 2.18. The molecule has 17 heavy (non-hydrogen) atoms. The lowest BCUT2D eigenvalue weighted by Gasteiger charge is -2.39. The van der Waals surface area contributed by atoms with E-state index in [-0.39, 0.29) is 12.1 Å². The van der Waals surface area contributed by atoms with Crippen molar-refractivity contribution in [1.82, 2.24) is 4.90 Å². The summed E-state index contributed by atoms with van der Waals surface area (Å²) in [5, 5.41) is 0. The average molecular weight is 239 g/mol. The van der Waals surface area contributed by atoms with Crippen molar-refractivity contribution in [3.63, 3.8) is 0 Å². The number of carbonyl (C=O) groups excluding carboxylic acids is 1. The van der Waals surface area contributed by atoms with E-state index >= 15 is 0 Å². The second kappa shape index (κ2) is 5.56. The van der Waals surface area contributed by atoms with Crippen molar-refractivity contribution >= 4 is 6.09 Å². The minimum atomic E-state index is -0.420. The Balaban J connectivity index is 2.68. The van der Waals surface area contributed by atoms with Gasteiger partial charge in [0, 0.05) is 12.6 Å². The second-order valence-corrected chi connectivity index (χ2v) is 5.99. The molecule has 1 aliphatic rings. The fourth-order valence-electron chi connectivity index (χ4n) is 2.19. The molecule has 0 radical (unpaired) electrons. The minimum Gasteiger partial charge on any atom is -0.444 e. The lowest BCUT2D eigenvalue weighted by Crippen LogP contribution is -2.48. The van der Waals surface area contributed by atoms with E-state index in [2.05, 4.69) is 13.5 Å². The Labute approximate surface area is 105 Å². The molecule has 1 fully saturated rings. The van der Waals surface area contributed by atoms with Gasteiger partial charge in [0.2, 0.25) is 0 Å². The molecule has 0 aromatic carbocycles. The summed E-state index contributed by atoms with van der Waals surface area (Å²) in [6, 6.07) is 0.263. The summed E-state index contributed by atoms with van der Waals surface area (Å²) in [5.41, 5.74) is -0.420. The van der Waals surface area contributed by atoms with Crippen LogP contribution in [0.15, 0.2) is 12.7 Å². The molecule has 0 aromatic heterocycles. The van der Waals surface area contributed by atoms with Crippen molar-refractivity contribution in [2.24, 2.45) is 5.92 Å². The molecule has 1 rings (SSSR count). The number of hydrogen-bond donors (Lipinski definition) is 0. The first-order valence-corrected chi connectivity index (χ1v) is 6.44. The maximum absolute atomic E-state index is 12.1. The highest BCUT2D eigenvalue weighted by atomic mass is 16.6. The summed E-state index contributed by atoms with van der Waals surface area (Å²) in [6.45, 7) is 12.5. The van der Waals surface area contributed by atoms with Gasteiger partial charge in [-0.25, -0.2) is 4.79 Å². The zero-order chi connectivity index (χ0) is 13.1. The standard InChI is InChI=1S/C14H25NO2/c1-6-7-12-9-8-11(2)10-15(12)13(16)17-14(3,4)5/h6,11-12H,1,7-10H2,2-5H3/t11-,12+/m0/s1. The van der Waals surface area contributed by atoms with E-state index in [9.17, 15) is 4.79 Å². The SMILES string of the molecule is C=CC[C@@H]1CC[C@H](C)CN1C(=O)OC(C)(C)C. The van der Waals surface area contributed by atoms with E-state index in [1.54, 1.807) is 0 Å². The number of piperidine rings is 1. The Morgan fingerprint density at radius 3 is 2.65 bits per heavy atom. The summed E-state index contributed by atoms with van der Waals surface area (Å²) in [7, 11) is 0. The quantitative estimate of drug-likeness (QED) is 0.689. The lowest BCUT2D eigenvalue weighted by molar-refractivity contribution is 0.00450. The van der Waals surface area contributed by atoms with Crippen LogP contribution in [0.2, 0.25) is 0 Å². The van der Waals surface area contributed by atoms with Gasteiger partial charge in [-0.05, 0) is 46.0 Å². The molecule has 98 valence electrons. The summed E-state index contributed by atoms with van der Waals surface area (Å²) in [4.78, 5) is 14.0. The van der Waals surface area contributed by atoms with Gasteiger partial charge >= 0.3 is 6.09 Å². The van der Waals surface area contributed by atoms with Crippen LogP contribution in [0.1, 0.15) is 47.0 Å². The highest BCUT2D eigenvalue weighted by Crippen LogP contribution is 2.25. The van der Waals surface area contributed by atoms with Crippen LogP contribution in [0.3, 0.4) is 0 Å². The summed E-state index contributed by atoms with van der Waals surface area (Å²) in [5.74, 6) is 0.559. The Morgan fingerprint density at radius 2 is 2.12 bits per heavy atom. The van der Waals surface area contributed by atoms with E-state index in [4.69, 9.17) is 4.74 Å². The molecule has 3 heteroatoms. The summed E-state index contributed by atoms with van der Waals surface area (Å²) >= 11 is 0. The number of rotatable bonds is 2. The molecule has 0 aromatic rings. The molecule has 0 N–H and O–H groups in total. The maximum atomic E-state index is 12.1. The highest BCUT2D eigenvalue weighted by Gasteiger charge is 2.32. The van der Waals surface area contributed by atoms with Gasteiger partial charge in [-0.15, -0.1) is 6.58 Å². The lowest BCUT2D eigenvalue weighted by atomic mass is 9.93. The first kappa shape index (κ1) is 14.1. The molecule has 0 spiro atoms. The van der Waals surface area contributed by atoms with Crippen molar-refractivity contribution < 1.29 is 9.53 Å². The molecule has 1 saturated heterocycles. The number of hydrogen-bond acceptors (Lipinski definition) is 2. The molecule has 0 unspecified atom stereocenters. The number of likely N-dealkylation sites (tertiary alicyclic amines) is 1. The number of ether oxygens (including phenoxy) is 1. The van der Waals surface area contributed by atoms with Crippen molar-refractivity contribution in [3.05, 3.63) is 12.7 Å². The zero-order valence-corrected chi connectivity index (χ0v) is 11.5. The molecule has 3 nitrogen and oxygen atoms in total. The van der Waals surface area contributed by atoms with Crippen LogP contribution in [0.4, 0.5) is 4.79 Å². The van der Waals surface area contributed by atoms with Gasteiger partial charge in [0.25, 0.3) is 0 Å². The van der Waals surface area contributed by atoms with E-state index < -0.39 is 5.60 Å². The van der Waals surface area contributed by atoms with Crippen molar-refractivity contribution in [2.45, 2.75) is 58.6 Å². The van der Waals surface area contributed by atoms with Crippen molar-refractivity contribution in [3.8, 4) is 0 Å². The van der Waals surface area contributed by atoms with Crippen LogP contribution in [0.5, 0.6) is 0 Å². The van der Waals surface area contributed by atoms with E-state index in [1.807, 2.05) is 31.7 Å². The third kappa shape index (κ3) is 4.41. The first-order chi connectivity index (χ1) is 7.83. The van der Waals surface area contributed by atoms with E-state index in [1.165, 1.54) is 6.42 Å². The fraction of sp³-hybridized carbons (Fsp3) is 0.786. The van der Waals surface area contributed by atoms with Crippen LogP contribution >= 0.6 is 0 Å². The predicted molar refractivity (Wildman–Crippen MR) is 69.9 cm³/mol. The predicted octanol–water partition coefficient (Wildman–Crippen LogP) is 3.60. The van der Waals surface area contributed by atoms with Crippen LogP contribution in [-0.2, 0) is 4.74 Å². The monoisotopic (exact) mass is 239 g/mol. The highest BCUT2D eigenvalue weighted by molar-refractivity contribution is 5.68. The Bertz CT molecular complexity index is 280. The molecule has 2 atom stereocenters. The molecular formula is C14H25NO2. The minimum absolute atomic E-state index is 0.184. The van der Waals surface area contributed by atoms with Crippen LogP contribution in [-0.4, -0.2) is 29.2 Å². The summed E-state index contributed by atoms with van der Waals surface area (Å²) < 4.78 is 5.45. The Kier molecular flexibility index (Phi) is 4.61. The van der Waals surface area contributed by atoms with Gasteiger partial charge in [0.15, 0.2) is 0 Å². The smallest absolute Gasteiger partial charge is 0.410 e. The molecular weight excluding hydrogens is 214 g/mol. The number of amides is 1. The topological polar surface area (TPSA) is 29.5 Å². The molecule has 1 heterocycles. The number of nitrogens with zero attached hydrogens (tertiary/aromatic N) is 1. The Morgan fingerprint density at radius 1 is 1.47 bits per heavy atom.